The molecule has 4 aromatic rings. The van der Waals surface area contributed by atoms with Crippen molar-refractivity contribution in [2.24, 2.45) is 7.05 Å². The van der Waals surface area contributed by atoms with Crippen molar-refractivity contribution >= 4 is 27.2 Å². The second-order valence-corrected chi connectivity index (χ2v) is 8.06. The van der Waals surface area contributed by atoms with Gasteiger partial charge in [-0.25, -0.2) is 4.98 Å². The third-order valence-corrected chi connectivity index (χ3v) is 6.28. The lowest BCUT2D eigenvalue weighted by molar-refractivity contribution is 0.464. The molecule has 7 nitrogen and oxygen atoms in total. The molecule has 138 valence electrons. The lowest BCUT2D eigenvalue weighted by Gasteiger charge is -2.20. The van der Waals surface area contributed by atoms with Gasteiger partial charge in [0.25, 0.3) is 5.56 Å². The van der Waals surface area contributed by atoms with E-state index in [0.29, 0.717) is 27.7 Å². The van der Waals surface area contributed by atoms with Gasteiger partial charge < -0.3 is 10.4 Å². The Hall–Kier alpha value is -2.71. The van der Waals surface area contributed by atoms with Crippen LogP contribution in [0.15, 0.2) is 35.4 Å². The molecule has 0 radical (unpaired) electrons. The van der Waals surface area contributed by atoms with Crippen molar-refractivity contribution in [3.05, 3.63) is 45.8 Å². The number of hydrogen-bond donors (Lipinski definition) is 2. The SMILES string of the molecule is Cn1cc2cc(-c3cc(=O)n4cc(C5CCNCC5)sc4n3)c(O)cc2n1. The summed E-state index contributed by atoms with van der Waals surface area (Å²) in [5, 5.41) is 19.0. The van der Waals surface area contributed by atoms with Crippen molar-refractivity contribution in [3.63, 3.8) is 0 Å². The number of piperidine rings is 1. The maximum absolute atomic E-state index is 12.7. The minimum Gasteiger partial charge on any atom is -0.507 e. The summed E-state index contributed by atoms with van der Waals surface area (Å²) in [6.07, 6.45) is 5.96. The van der Waals surface area contributed by atoms with Crippen LogP contribution in [0.2, 0.25) is 0 Å². The Kier molecular flexibility index (Phi) is 3.76. The fraction of sp³-hybridized carbons (Fsp3) is 0.316. The van der Waals surface area contributed by atoms with Crippen LogP contribution in [-0.2, 0) is 7.05 Å². The first-order chi connectivity index (χ1) is 13.1. The molecule has 27 heavy (non-hydrogen) atoms. The molecule has 5 rings (SSSR count). The van der Waals surface area contributed by atoms with Gasteiger partial charge in [-0.3, -0.25) is 13.9 Å². The first kappa shape index (κ1) is 16.5. The number of hydrogen-bond acceptors (Lipinski definition) is 6. The quantitative estimate of drug-likeness (QED) is 0.557. The molecule has 1 aliphatic rings. The highest BCUT2D eigenvalue weighted by molar-refractivity contribution is 7.17. The molecule has 1 aliphatic heterocycles. The number of nitrogens with one attached hydrogen (secondary N) is 1. The number of nitrogens with zero attached hydrogens (tertiary/aromatic N) is 4. The topological polar surface area (TPSA) is 84.5 Å². The molecule has 1 aromatic carbocycles. The summed E-state index contributed by atoms with van der Waals surface area (Å²) in [6.45, 7) is 2.01. The van der Waals surface area contributed by atoms with Crippen molar-refractivity contribution in [1.82, 2.24) is 24.5 Å². The Balaban J connectivity index is 1.63. The molecular formula is C19H19N5O2S. The van der Waals surface area contributed by atoms with Gasteiger partial charge in [-0.15, -0.1) is 11.3 Å². The normalized spacial score (nSPS) is 15.7. The van der Waals surface area contributed by atoms with Crippen LogP contribution in [-0.4, -0.2) is 37.4 Å². The highest BCUT2D eigenvalue weighted by atomic mass is 32.1. The maximum atomic E-state index is 12.7. The Morgan fingerprint density at radius 2 is 2.04 bits per heavy atom. The van der Waals surface area contributed by atoms with Gasteiger partial charge in [0.2, 0.25) is 0 Å². The van der Waals surface area contributed by atoms with E-state index in [2.05, 4.69) is 15.4 Å². The van der Waals surface area contributed by atoms with Crippen LogP contribution in [0.4, 0.5) is 0 Å². The van der Waals surface area contributed by atoms with E-state index in [4.69, 9.17) is 0 Å². The van der Waals surface area contributed by atoms with Crippen molar-refractivity contribution in [1.29, 1.82) is 0 Å². The number of thiazole rings is 1. The Labute approximate surface area is 158 Å². The third kappa shape index (κ3) is 2.81. The zero-order chi connectivity index (χ0) is 18.5. The van der Waals surface area contributed by atoms with Crippen LogP contribution in [0.5, 0.6) is 5.75 Å². The first-order valence-electron chi connectivity index (χ1n) is 8.99. The summed E-state index contributed by atoms with van der Waals surface area (Å²) in [7, 11) is 1.83. The molecule has 0 unspecified atom stereocenters. The van der Waals surface area contributed by atoms with Crippen LogP contribution >= 0.6 is 11.3 Å². The number of fused-ring (bicyclic) bond motifs is 2. The Morgan fingerprint density at radius 1 is 1.22 bits per heavy atom. The summed E-state index contributed by atoms with van der Waals surface area (Å²) in [5.74, 6) is 0.550. The molecule has 0 atom stereocenters. The van der Waals surface area contributed by atoms with Crippen molar-refractivity contribution in [3.8, 4) is 17.0 Å². The maximum Gasteiger partial charge on any atom is 0.259 e. The van der Waals surface area contributed by atoms with Crippen LogP contribution in [0.3, 0.4) is 0 Å². The molecule has 0 bridgehead atoms. The fourth-order valence-electron chi connectivity index (χ4n) is 3.74. The molecule has 1 fully saturated rings. The van der Waals surface area contributed by atoms with Gasteiger partial charge in [-0.05, 0) is 37.9 Å². The Bertz CT molecular complexity index is 1220. The van der Waals surface area contributed by atoms with Crippen molar-refractivity contribution < 1.29 is 5.11 Å². The number of phenolic OH excluding ortho intramolecular Hbond substituents is 1. The molecule has 4 heterocycles. The van der Waals surface area contributed by atoms with Gasteiger partial charge in [0.15, 0.2) is 4.96 Å². The molecule has 0 amide bonds. The molecule has 1 saturated heterocycles. The van der Waals surface area contributed by atoms with Gasteiger partial charge >= 0.3 is 0 Å². The molecule has 3 aromatic heterocycles. The van der Waals surface area contributed by atoms with Crippen LogP contribution in [0, 0.1) is 0 Å². The standard InChI is InChI=1S/C19H19N5O2S/c1-23-9-12-6-13(16(25)7-14(12)22-23)15-8-18(26)24-10-17(27-19(24)21-15)11-2-4-20-5-3-11/h6-11,20,25H,2-5H2,1H3. The molecule has 0 saturated carbocycles. The largest absolute Gasteiger partial charge is 0.507 e. The van der Waals surface area contributed by atoms with Crippen LogP contribution < -0.4 is 10.9 Å². The first-order valence-corrected chi connectivity index (χ1v) is 9.81. The van der Waals surface area contributed by atoms with E-state index in [9.17, 15) is 9.90 Å². The predicted molar refractivity (Wildman–Crippen MR) is 106 cm³/mol. The molecule has 2 N–H and O–H groups in total. The van der Waals surface area contributed by atoms with E-state index in [1.807, 2.05) is 25.5 Å². The summed E-state index contributed by atoms with van der Waals surface area (Å²) in [6, 6.07) is 4.93. The average molecular weight is 381 g/mol. The minimum atomic E-state index is -0.128. The number of phenols is 1. The van der Waals surface area contributed by atoms with E-state index in [1.165, 1.54) is 10.9 Å². The number of aromatic hydroxyl groups is 1. The summed E-state index contributed by atoms with van der Waals surface area (Å²) < 4.78 is 3.31. The zero-order valence-corrected chi connectivity index (χ0v) is 15.7. The molecule has 8 heteroatoms. The summed E-state index contributed by atoms with van der Waals surface area (Å²) >= 11 is 1.57. The van der Waals surface area contributed by atoms with E-state index < -0.39 is 0 Å². The van der Waals surface area contributed by atoms with E-state index in [0.717, 1.165) is 31.3 Å². The average Bonchev–Trinajstić information content (AvgIpc) is 3.24. The highest BCUT2D eigenvalue weighted by Crippen LogP contribution is 2.34. The van der Waals surface area contributed by atoms with Gasteiger partial charge in [0.05, 0.1) is 11.2 Å². The predicted octanol–water partition coefficient (Wildman–Crippen LogP) is 2.48. The smallest absolute Gasteiger partial charge is 0.259 e. The molecular weight excluding hydrogens is 362 g/mol. The van der Waals surface area contributed by atoms with Crippen molar-refractivity contribution in [2.75, 3.05) is 13.1 Å². The lowest BCUT2D eigenvalue weighted by Crippen LogP contribution is -2.26. The second-order valence-electron chi connectivity index (χ2n) is 7.02. The lowest BCUT2D eigenvalue weighted by atomic mass is 9.97. The molecule has 0 aliphatic carbocycles. The van der Waals surface area contributed by atoms with E-state index >= 15 is 0 Å². The van der Waals surface area contributed by atoms with E-state index in [-0.39, 0.29) is 11.3 Å². The number of aromatic nitrogens is 4. The molecule has 0 spiro atoms. The van der Waals surface area contributed by atoms with Crippen molar-refractivity contribution in [2.45, 2.75) is 18.8 Å². The summed E-state index contributed by atoms with van der Waals surface area (Å²) in [5.41, 5.74) is 1.62. The Morgan fingerprint density at radius 3 is 2.85 bits per heavy atom. The van der Waals surface area contributed by atoms with Gasteiger partial charge in [0, 0.05) is 47.4 Å². The van der Waals surface area contributed by atoms with Gasteiger partial charge in [-0.2, -0.15) is 5.10 Å². The number of benzene rings is 1. The van der Waals surface area contributed by atoms with Crippen LogP contribution in [0.1, 0.15) is 23.6 Å². The van der Waals surface area contributed by atoms with Crippen LogP contribution in [0.25, 0.3) is 27.1 Å². The third-order valence-electron chi connectivity index (χ3n) is 5.14. The monoisotopic (exact) mass is 381 g/mol. The highest BCUT2D eigenvalue weighted by Gasteiger charge is 2.19. The summed E-state index contributed by atoms with van der Waals surface area (Å²) in [4.78, 5) is 19.2. The number of aryl methyl sites for hydroxylation is 1. The zero-order valence-electron chi connectivity index (χ0n) is 14.8. The number of rotatable bonds is 2. The minimum absolute atomic E-state index is 0.0765. The fourth-order valence-corrected chi connectivity index (χ4v) is 4.90. The van der Waals surface area contributed by atoms with E-state index in [1.54, 1.807) is 26.5 Å². The second kappa shape index (κ2) is 6.17. The van der Waals surface area contributed by atoms with Gasteiger partial charge in [0.1, 0.15) is 5.75 Å². The van der Waals surface area contributed by atoms with Gasteiger partial charge in [-0.1, -0.05) is 0 Å².